The third kappa shape index (κ3) is 2.68. The number of hydrogen-bond acceptors (Lipinski definition) is 2. The minimum absolute atomic E-state index is 0.536. The second kappa shape index (κ2) is 4.80. The van der Waals surface area contributed by atoms with Gasteiger partial charge in [-0.3, -0.25) is 9.48 Å². The van der Waals surface area contributed by atoms with Crippen molar-refractivity contribution in [3.63, 3.8) is 0 Å². The molecule has 1 aromatic rings. The first-order valence-corrected chi connectivity index (χ1v) is 4.77. The summed E-state index contributed by atoms with van der Waals surface area (Å²) in [6.45, 7) is 5.08. The van der Waals surface area contributed by atoms with E-state index >= 15 is 0 Å². The van der Waals surface area contributed by atoms with Crippen LogP contribution in [0.5, 0.6) is 0 Å². The number of aldehydes is 1. The Hall–Kier alpha value is -1.12. The van der Waals surface area contributed by atoms with E-state index in [9.17, 15) is 4.79 Å². The smallest absolute Gasteiger partial charge is 0.170 e. The lowest BCUT2D eigenvalue weighted by Crippen LogP contribution is -2.02. The van der Waals surface area contributed by atoms with Crippen molar-refractivity contribution in [1.82, 2.24) is 9.78 Å². The molecular formula is C10H16N2O. The van der Waals surface area contributed by atoms with Gasteiger partial charge in [0.25, 0.3) is 0 Å². The number of hydrogen-bond donors (Lipinski definition) is 0. The highest BCUT2D eigenvalue weighted by Gasteiger charge is 2.01. The zero-order valence-corrected chi connectivity index (χ0v) is 8.29. The van der Waals surface area contributed by atoms with Crippen molar-refractivity contribution >= 4 is 6.29 Å². The van der Waals surface area contributed by atoms with E-state index in [2.05, 4.69) is 12.0 Å². The Balaban J connectivity index is 2.55. The van der Waals surface area contributed by atoms with Crippen molar-refractivity contribution < 1.29 is 4.79 Å². The van der Waals surface area contributed by atoms with Gasteiger partial charge in [0, 0.05) is 12.2 Å². The fourth-order valence-corrected chi connectivity index (χ4v) is 1.33. The Morgan fingerprint density at radius 3 is 2.85 bits per heavy atom. The molecule has 0 amide bonds. The van der Waals surface area contributed by atoms with E-state index in [1.54, 1.807) is 0 Å². The topological polar surface area (TPSA) is 34.9 Å². The van der Waals surface area contributed by atoms with Crippen LogP contribution in [-0.4, -0.2) is 16.1 Å². The van der Waals surface area contributed by atoms with E-state index in [1.165, 1.54) is 12.8 Å². The van der Waals surface area contributed by atoms with E-state index < -0.39 is 0 Å². The summed E-state index contributed by atoms with van der Waals surface area (Å²) >= 11 is 0. The van der Waals surface area contributed by atoms with Crippen LogP contribution in [0.3, 0.4) is 0 Å². The number of carbonyl (C=O) groups excluding carboxylic acids is 1. The van der Waals surface area contributed by atoms with Crippen LogP contribution in [0, 0.1) is 6.92 Å². The second-order valence-corrected chi connectivity index (χ2v) is 3.26. The van der Waals surface area contributed by atoms with E-state index in [1.807, 2.05) is 17.7 Å². The van der Waals surface area contributed by atoms with Gasteiger partial charge in [-0.05, 0) is 19.4 Å². The quantitative estimate of drug-likeness (QED) is 0.514. The number of carbonyl (C=O) groups is 1. The molecule has 0 N–H and O–H groups in total. The molecule has 0 aliphatic rings. The summed E-state index contributed by atoms with van der Waals surface area (Å²) < 4.78 is 1.90. The fourth-order valence-electron chi connectivity index (χ4n) is 1.33. The molecule has 0 bridgehead atoms. The first kappa shape index (κ1) is 9.96. The van der Waals surface area contributed by atoms with Crippen LogP contribution in [0.2, 0.25) is 0 Å². The van der Waals surface area contributed by atoms with Gasteiger partial charge in [0.1, 0.15) is 5.69 Å². The highest BCUT2D eigenvalue weighted by atomic mass is 16.1. The maximum atomic E-state index is 10.4. The molecule has 1 rings (SSSR count). The molecule has 0 radical (unpaired) electrons. The van der Waals surface area contributed by atoms with Crippen LogP contribution in [0.15, 0.2) is 6.07 Å². The largest absolute Gasteiger partial charge is 0.296 e. The molecule has 13 heavy (non-hydrogen) atoms. The van der Waals surface area contributed by atoms with Gasteiger partial charge < -0.3 is 0 Å². The molecule has 1 heterocycles. The van der Waals surface area contributed by atoms with E-state index in [0.717, 1.165) is 24.9 Å². The molecule has 0 unspecified atom stereocenters. The molecule has 72 valence electrons. The van der Waals surface area contributed by atoms with Crippen LogP contribution in [-0.2, 0) is 6.54 Å². The van der Waals surface area contributed by atoms with E-state index in [0.29, 0.717) is 5.69 Å². The molecule has 3 nitrogen and oxygen atoms in total. The molecule has 0 aliphatic heterocycles. The monoisotopic (exact) mass is 180 g/mol. The van der Waals surface area contributed by atoms with Crippen molar-refractivity contribution in [1.29, 1.82) is 0 Å². The Bertz CT molecular complexity index is 278. The van der Waals surface area contributed by atoms with Gasteiger partial charge in [-0.15, -0.1) is 0 Å². The first-order chi connectivity index (χ1) is 6.27. The molecule has 0 spiro atoms. The SMILES string of the molecule is CCCCCn1nc(C=O)cc1C. The lowest BCUT2D eigenvalue weighted by molar-refractivity contribution is 0.111. The maximum absolute atomic E-state index is 10.4. The van der Waals surface area contributed by atoms with Gasteiger partial charge in [-0.1, -0.05) is 19.8 Å². The molecule has 0 aliphatic carbocycles. The van der Waals surface area contributed by atoms with Crippen molar-refractivity contribution in [3.05, 3.63) is 17.5 Å². The standard InChI is InChI=1S/C10H16N2O/c1-3-4-5-6-12-9(2)7-10(8-13)11-12/h7-8H,3-6H2,1-2H3. The number of nitrogens with zero attached hydrogens (tertiary/aromatic N) is 2. The van der Waals surface area contributed by atoms with Crippen molar-refractivity contribution in [3.8, 4) is 0 Å². The summed E-state index contributed by atoms with van der Waals surface area (Å²) in [5.41, 5.74) is 1.60. The van der Waals surface area contributed by atoms with Gasteiger partial charge >= 0.3 is 0 Å². The maximum Gasteiger partial charge on any atom is 0.170 e. The van der Waals surface area contributed by atoms with Crippen molar-refractivity contribution in [2.24, 2.45) is 0 Å². The summed E-state index contributed by atoms with van der Waals surface area (Å²) in [4.78, 5) is 10.4. The lowest BCUT2D eigenvalue weighted by atomic mass is 10.2. The molecule has 0 atom stereocenters. The molecule has 0 fully saturated rings. The molecular weight excluding hydrogens is 164 g/mol. The average molecular weight is 180 g/mol. The summed E-state index contributed by atoms with van der Waals surface area (Å²) in [6, 6.07) is 1.82. The van der Waals surface area contributed by atoms with E-state index in [-0.39, 0.29) is 0 Å². The normalized spacial score (nSPS) is 10.3. The zero-order chi connectivity index (χ0) is 9.68. The van der Waals surface area contributed by atoms with Gasteiger partial charge in [0.15, 0.2) is 6.29 Å². The highest BCUT2D eigenvalue weighted by molar-refractivity contribution is 5.71. The van der Waals surface area contributed by atoms with Crippen LogP contribution < -0.4 is 0 Å². The number of aromatic nitrogens is 2. The summed E-state index contributed by atoms with van der Waals surface area (Å²) in [6.07, 6.45) is 4.36. The lowest BCUT2D eigenvalue weighted by Gasteiger charge is -2.02. The Kier molecular flexibility index (Phi) is 3.68. The average Bonchev–Trinajstić information content (AvgIpc) is 2.48. The Morgan fingerprint density at radius 1 is 1.54 bits per heavy atom. The molecule has 0 aromatic carbocycles. The molecule has 0 saturated carbocycles. The number of rotatable bonds is 5. The predicted molar refractivity (Wildman–Crippen MR) is 51.9 cm³/mol. The highest BCUT2D eigenvalue weighted by Crippen LogP contribution is 2.04. The van der Waals surface area contributed by atoms with Crippen LogP contribution in [0.4, 0.5) is 0 Å². The van der Waals surface area contributed by atoms with Crippen molar-refractivity contribution in [2.45, 2.75) is 39.7 Å². The number of unbranched alkanes of at least 4 members (excludes halogenated alkanes) is 2. The Labute approximate surface area is 78.8 Å². The van der Waals surface area contributed by atoms with Crippen LogP contribution >= 0.6 is 0 Å². The van der Waals surface area contributed by atoms with Crippen LogP contribution in [0.1, 0.15) is 42.4 Å². The third-order valence-corrected chi connectivity index (χ3v) is 2.09. The Morgan fingerprint density at radius 2 is 2.31 bits per heavy atom. The zero-order valence-electron chi connectivity index (χ0n) is 8.29. The van der Waals surface area contributed by atoms with Gasteiger partial charge in [0.2, 0.25) is 0 Å². The molecule has 0 saturated heterocycles. The van der Waals surface area contributed by atoms with E-state index in [4.69, 9.17) is 0 Å². The third-order valence-electron chi connectivity index (χ3n) is 2.09. The predicted octanol–water partition coefficient (Wildman–Crippen LogP) is 2.19. The molecule has 3 heteroatoms. The van der Waals surface area contributed by atoms with Crippen molar-refractivity contribution in [2.75, 3.05) is 0 Å². The second-order valence-electron chi connectivity index (χ2n) is 3.26. The summed E-state index contributed by atoms with van der Waals surface area (Å²) in [5.74, 6) is 0. The first-order valence-electron chi connectivity index (χ1n) is 4.77. The van der Waals surface area contributed by atoms with Gasteiger partial charge in [-0.25, -0.2) is 0 Å². The van der Waals surface area contributed by atoms with Gasteiger partial charge in [-0.2, -0.15) is 5.10 Å². The summed E-state index contributed by atoms with van der Waals surface area (Å²) in [7, 11) is 0. The fraction of sp³-hybridized carbons (Fsp3) is 0.600. The van der Waals surface area contributed by atoms with Crippen LogP contribution in [0.25, 0.3) is 0 Å². The summed E-state index contributed by atoms with van der Waals surface area (Å²) in [5, 5.41) is 4.15. The minimum Gasteiger partial charge on any atom is -0.296 e. The van der Waals surface area contributed by atoms with Gasteiger partial charge in [0.05, 0.1) is 0 Å². The molecule has 1 aromatic heterocycles. The minimum atomic E-state index is 0.536. The number of aryl methyl sites for hydroxylation is 2.